The Morgan fingerprint density at radius 3 is 2.33 bits per heavy atom. The molecule has 1 atom stereocenters. The third-order valence-corrected chi connectivity index (χ3v) is 5.24. The maximum absolute atomic E-state index is 13.0. The first kappa shape index (κ1) is 19.7. The molecule has 2 amide bonds. The molecule has 1 N–H and O–H groups in total. The number of azo groups is 1. The number of aliphatic hydroxyl groups excluding tert-OH is 1. The average molecular weight is 405 g/mol. The maximum atomic E-state index is 13.0. The molecule has 2 aromatic rings. The van der Waals surface area contributed by atoms with Gasteiger partial charge in [-0.15, -0.1) is 10.2 Å². The Labute approximate surface area is 172 Å². The SMILES string of the molecule is CCC(COC)N1C(=O)c2cccc(N=NC3=C(O)c4ccccc4C3=O)c2C1=O. The van der Waals surface area contributed by atoms with Gasteiger partial charge < -0.3 is 9.84 Å². The van der Waals surface area contributed by atoms with Crippen LogP contribution in [0.15, 0.2) is 58.4 Å². The van der Waals surface area contributed by atoms with Crippen molar-refractivity contribution in [1.29, 1.82) is 0 Å². The van der Waals surface area contributed by atoms with Crippen LogP contribution < -0.4 is 0 Å². The second kappa shape index (κ2) is 7.64. The highest BCUT2D eigenvalue weighted by atomic mass is 16.5. The molecule has 2 aliphatic rings. The van der Waals surface area contributed by atoms with Crippen molar-refractivity contribution in [2.24, 2.45) is 10.2 Å². The van der Waals surface area contributed by atoms with E-state index in [4.69, 9.17) is 4.74 Å². The molecule has 0 saturated carbocycles. The number of ketones is 1. The molecule has 0 aromatic heterocycles. The number of nitrogens with zero attached hydrogens (tertiary/aromatic N) is 3. The second-order valence-electron chi connectivity index (χ2n) is 6.97. The predicted molar refractivity (Wildman–Crippen MR) is 108 cm³/mol. The monoisotopic (exact) mass is 405 g/mol. The van der Waals surface area contributed by atoms with Gasteiger partial charge in [-0.3, -0.25) is 19.3 Å². The first-order chi connectivity index (χ1) is 14.5. The van der Waals surface area contributed by atoms with Crippen molar-refractivity contribution >= 4 is 29.0 Å². The summed E-state index contributed by atoms with van der Waals surface area (Å²) in [5.74, 6) is -1.60. The predicted octanol–water partition coefficient (Wildman–Crippen LogP) is 3.91. The van der Waals surface area contributed by atoms with Crippen molar-refractivity contribution in [3.05, 3.63) is 70.4 Å². The number of hydrogen-bond acceptors (Lipinski definition) is 7. The number of hydrogen-bond donors (Lipinski definition) is 1. The van der Waals surface area contributed by atoms with E-state index in [0.29, 0.717) is 17.5 Å². The van der Waals surface area contributed by atoms with E-state index < -0.39 is 23.6 Å². The van der Waals surface area contributed by atoms with Crippen molar-refractivity contribution in [3.63, 3.8) is 0 Å². The van der Waals surface area contributed by atoms with E-state index in [1.165, 1.54) is 12.0 Å². The Morgan fingerprint density at radius 2 is 1.67 bits per heavy atom. The quantitative estimate of drug-likeness (QED) is 0.579. The molecular weight excluding hydrogens is 386 g/mol. The van der Waals surface area contributed by atoms with E-state index >= 15 is 0 Å². The molecule has 4 rings (SSSR count). The molecule has 30 heavy (non-hydrogen) atoms. The molecule has 152 valence electrons. The van der Waals surface area contributed by atoms with Crippen molar-refractivity contribution in [2.75, 3.05) is 13.7 Å². The van der Waals surface area contributed by atoms with Crippen LogP contribution in [0.2, 0.25) is 0 Å². The van der Waals surface area contributed by atoms with Gasteiger partial charge >= 0.3 is 0 Å². The van der Waals surface area contributed by atoms with Gasteiger partial charge in [0.1, 0.15) is 0 Å². The van der Waals surface area contributed by atoms with Crippen LogP contribution in [0.5, 0.6) is 0 Å². The van der Waals surface area contributed by atoms with Gasteiger partial charge in [-0.2, -0.15) is 0 Å². The Kier molecular flexibility index (Phi) is 5.01. The lowest BCUT2D eigenvalue weighted by Gasteiger charge is -2.24. The van der Waals surface area contributed by atoms with Crippen LogP contribution >= 0.6 is 0 Å². The van der Waals surface area contributed by atoms with Crippen LogP contribution in [-0.4, -0.2) is 47.4 Å². The minimum absolute atomic E-state index is 0.129. The molecule has 0 spiro atoms. The van der Waals surface area contributed by atoms with E-state index in [0.717, 1.165) is 0 Å². The highest BCUT2D eigenvalue weighted by Crippen LogP contribution is 2.35. The molecular formula is C22H19N3O5. The Bertz CT molecular complexity index is 1140. The van der Waals surface area contributed by atoms with Crippen LogP contribution in [0.3, 0.4) is 0 Å². The highest BCUT2D eigenvalue weighted by molar-refractivity contribution is 6.23. The van der Waals surface area contributed by atoms with E-state index in [9.17, 15) is 19.5 Å². The first-order valence-electron chi connectivity index (χ1n) is 9.48. The highest BCUT2D eigenvalue weighted by Gasteiger charge is 2.41. The van der Waals surface area contributed by atoms with Crippen LogP contribution in [-0.2, 0) is 4.74 Å². The lowest BCUT2D eigenvalue weighted by Crippen LogP contribution is -2.42. The summed E-state index contributed by atoms with van der Waals surface area (Å²) in [6, 6.07) is 10.9. The molecule has 0 bridgehead atoms. The summed E-state index contributed by atoms with van der Waals surface area (Å²) in [5, 5.41) is 18.3. The van der Waals surface area contributed by atoms with E-state index in [1.807, 2.05) is 6.92 Å². The zero-order valence-electron chi connectivity index (χ0n) is 16.5. The number of amides is 2. The number of aliphatic hydroxyl groups is 1. The lowest BCUT2D eigenvalue weighted by atomic mass is 10.1. The average Bonchev–Trinajstić information content (AvgIpc) is 3.16. The van der Waals surface area contributed by atoms with E-state index in [1.54, 1.807) is 42.5 Å². The number of methoxy groups -OCH3 is 1. The fourth-order valence-corrected chi connectivity index (χ4v) is 3.71. The molecule has 0 radical (unpaired) electrons. The summed E-state index contributed by atoms with van der Waals surface area (Å²) in [6.45, 7) is 2.10. The van der Waals surface area contributed by atoms with Gasteiger partial charge in [0.05, 0.1) is 29.5 Å². The number of Topliss-reactive ketones (excluding diaryl/α,β-unsaturated/α-hetero) is 1. The molecule has 0 saturated heterocycles. The normalized spacial score (nSPS) is 16.6. The topological polar surface area (TPSA) is 109 Å². The van der Waals surface area contributed by atoms with Crippen LogP contribution in [0.1, 0.15) is 50.0 Å². The molecule has 1 unspecified atom stereocenters. The Morgan fingerprint density at radius 1 is 0.967 bits per heavy atom. The first-order valence-corrected chi connectivity index (χ1v) is 9.48. The number of carbonyl (C=O) groups is 3. The number of fused-ring (bicyclic) bond motifs is 2. The number of allylic oxidation sites excluding steroid dienone is 1. The van der Waals surface area contributed by atoms with Gasteiger partial charge in [0.15, 0.2) is 11.5 Å². The van der Waals surface area contributed by atoms with Crippen molar-refractivity contribution in [1.82, 2.24) is 4.90 Å². The van der Waals surface area contributed by atoms with Crippen LogP contribution in [0.4, 0.5) is 5.69 Å². The summed E-state index contributed by atoms with van der Waals surface area (Å²) in [7, 11) is 1.51. The van der Waals surface area contributed by atoms with Gasteiger partial charge in [0.2, 0.25) is 5.78 Å². The van der Waals surface area contributed by atoms with E-state index in [2.05, 4.69) is 10.2 Å². The summed E-state index contributed by atoms with van der Waals surface area (Å²) in [4.78, 5) is 39.5. The minimum atomic E-state index is -0.479. The van der Waals surface area contributed by atoms with Crippen molar-refractivity contribution < 1.29 is 24.2 Å². The largest absolute Gasteiger partial charge is 0.505 e. The number of rotatable bonds is 6. The zero-order valence-corrected chi connectivity index (χ0v) is 16.5. The van der Waals surface area contributed by atoms with Crippen molar-refractivity contribution in [2.45, 2.75) is 19.4 Å². The standard InChI is InChI=1S/C22H19N3O5/c1-3-12(11-30-2)25-21(28)15-9-6-10-16(17(15)22(25)29)23-24-18-19(26)13-7-4-5-8-14(13)20(18)27/h4-10,12,26H,3,11H2,1-2H3. The molecule has 1 aliphatic heterocycles. The fourth-order valence-electron chi connectivity index (χ4n) is 3.71. The van der Waals surface area contributed by atoms with Crippen molar-refractivity contribution in [3.8, 4) is 0 Å². The zero-order chi connectivity index (χ0) is 21.4. The molecule has 0 fully saturated rings. The van der Waals surface area contributed by atoms with E-state index in [-0.39, 0.29) is 34.9 Å². The van der Waals surface area contributed by atoms with Crippen LogP contribution in [0, 0.1) is 0 Å². The number of benzene rings is 2. The van der Waals surface area contributed by atoms with Gasteiger partial charge in [-0.05, 0) is 18.6 Å². The number of imide groups is 1. The number of carbonyl (C=O) groups excluding carboxylic acids is 3. The number of ether oxygens (including phenoxy) is 1. The summed E-state index contributed by atoms with van der Waals surface area (Å²) < 4.78 is 5.14. The third-order valence-electron chi connectivity index (χ3n) is 5.24. The second-order valence-corrected chi connectivity index (χ2v) is 6.97. The summed E-state index contributed by atoms with van der Waals surface area (Å²) >= 11 is 0. The van der Waals surface area contributed by atoms with Gasteiger partial charge in [-0.1, -0.05) is 37.3 Å². The molecule has 8 nitrogen and oxygen atoms in total. The Balaban J connectivity index is 1.70. The maximum Gasteiger partial charge on any atom is 0.264 e. The molecule has 1 heterocycles. The minimum Gasteiger partial charge on any atom is -0.505 e. The Hall–Kier alpha value is -3.65. The fraction of sp³-hybridized carbons (Fsp3) is 0.227. The molecule has 1 aliphatic carbocycles. The smallest absolute Gasteiger partial charge is 0.264 e. The summed E-state index contributed by atoms with van der Waals surface area (Å²) in [5.41, 5.74) is 1.04. The summed E-state index contributed by atoms with van der Waals surface area (Å²) in [6.07, 6.45) is 0.545. The van der Waals surface area contributed by atoms with Crippen LogP contribution in [0.25, 0.3) is 5.76 Å². The van der Waals surface area contributed by atoms with Gasteiger partial charge in [0.25, 0.3) is 11.8 Å². The molecule has 8 heteroatoms. The lowest BCUT2D eigenvalue weighted by molar-refractivity contribution is 0.0466. The third kappa shape index (κ3) is 2.93. The van der Waals surface area contributed by atoms with Gasteiger partial charge in [0, 0.05) is 18.2 Å². The molecule has 2 aromatic carbocycles. The van der Waals surface area contributed by atoms with Gasteiger partial charge in [-0.25, -0.2) is 0 Å².